The van der Waals surface area contributed by atoms with E-state index in [1.54, 1.807) is 24.7 Å². The van der Waals surface area contributed by atoms with Crippen LogP contribution in [0.3, 0.4) is 0 Å². The summed E-state index contributed by atoms with van der Waals surface area (Å²) >= 11 is 0. The van der Waals surface area contributed by atoms with Gasteiger partial charge >= 0.3 is 6.01 Å². The molecule has 1 N–H and O–H groups in total. The molecule has 5 heterocycles. The summed E-state index contributed by atoms with van der Waals surface area (Å²) in [6, 6.07) is 5.94. The summed E-state index contributed by atoms with van der Waals surface area (Å²) in [5, 5.41) is 7.14. The number of fused-ring (bicyclic) bond motifs is 1. The smallest absolute Gasteiger partial charge is 0.316 e. The largest absolute Gasteiger partial charge is 0.467 e. The van der Waals surface area contributed by atoms with Crippen molar-refractivity contribution in [2.45, 2.75) is 13.0 Å². The fraction of sp³-hybridized carbons (Fsp3) is 0.261. The maximum absolute atomic E-state index is 12.5. The van der Waals surface area contributed by atoms with Gasteiger partial charge in [0.05, 0.1) is 43.0 Å². The molecule has 5 rings (SSSR count). The predicted octanol–water partition coefficient (Wildman–Crippen LogP) is 2.64. The van der Waals surface area contributed by atoms with Crippen LogP contribution in [0, 0.1) is 0 Å². The normalized spacial score (nSPS) is 17.3. The third-order valence-corrected chi connectivity index (χ3v) is 5.39. The van der Waals surface area contributed by atoms with Gasteiger partial charge in [-0.1, -0.05) is 0 Å². The summed E-state index contributed by atoms with van der Waals surface area (Å²) in [6.07, 6.45) is 8.42. The lowest BCUT2D eigenvalue weighted by atomic mass is 10.0. The number of anilines is 3. The Morgan fingerprint density at radius 1 is 1.18 bits per heavy atom. The summed E-state index contributed by atoms with van der Waals surface area (Å²) in [4.78, 5) is 32.3. The van der Waals surface area contributed by atoms with E-state index in [9.17, 15) is 4.79 Å². The molecule has 1 fully saturated rings. The summed E-state index contributed by atoms with van der Waals surface area (Å²) in [5.41, 5.74) is 3.14. The van der Waals surface area contributed by atoms with Gasteiger partial charge < -0.3 is 19.7 Å². The fourth-order valence-corrected chi connectivity index (χ4v) is 3.77. The van der Waals surface area contributed by atoms with E-state index in [1.165, 1.54) is 13.3 Å². The molecule has 33 heavy (non-hydrogen) atoms. The number of rotatable bonds is 5. The van der Waals surface area contributed by atoms with E-state index in [4.69, 9.17) is 9.47 Å². The molecule has 1 radical (unpaired) electrons. The summed E-state index contributed by atoms with van der Waals surface area (Å²) in [7, 11) is 1.51. The minimum atomic E-state index is -0.355. The molecule has 3 aromatic rings. The minimum Gasteiger partial charge on any atom is -0.467 e. The number of amides is 1. The van der Waals surface area contributed by atoms with Crippen molar-refractivity contribution in [3.8, 4) is 17.3 Å². The lowest BCUT2D eigenvalue weighted by Gasteiger charge is -2.32. The van der Waals surface area contributed by atoms with Gasteiger partial charge in [-0.2, -0.15) is 0 Å². The van der Waals surface area contributed by atoms with Crippen LogP contribution in [0.4, 0.5) is 17.3 Å². The molecule has 0 aliphatic carbocycles. The van der Waals surface area contributed by atoms with Crippen LogP contribution in [0.5, 0.6) is 6.01 Å². The van der Waals surface area contributed by atoms with E-state index in [0.717, 1.165) is 18.9 Å². The van der Waals surface area contributed by atoms with Crippen molar-refractivity contribution >= 4 is 29.3 Å². The van der Waals surface area contributed by atoms with Crippen molar-refractivity contribution in [1.82, 2.24) is 25.3 Å². The molecule has 0 saturated carbocycles. The highest BCUT2D eigenvalue weighted by atomic mass is 16.5. The molecule has 3 aromatic heterocycles. The Balaban J connectivity index is 1.46. The number of morpholine rings is 1. The van der Waals surface area contributed by atoms with E-state index in [0.29, 0.717) is 40.5 Å². The second kappa shape index (κ2) is 8.83. The lowest BCUT2D eigenvalue weighted by molar-refractivity contribution is 0.0529. The summed E-state index contributed by atoms with van der Waals surface area (Å²) in [5.74, 6) is 0.918. The molecule has 0 aromatic carbocycles. The first kappa shape index (κ1) is 20.8. The number of hydrogen-bond acceptors (Lipinski definition) is 9. The minimum absolute atomic E-state index is 0.168. The van der Waals surface area contributed by atoms with Crippen molar-refractivity contribution in [1.29, 1.82) is 0 Å². The van der Waals surface area contributed by atoms with Crippen molar-refractivity contribution in [3.63, 3.8) is 0 Å². The highest BCUT2D eigenvalue weighted by Gasteiger charge is 2.23. The van der Waals surface area contributed by atoms with Gasteiger partial charge in [-0.3, -0.25) is 4.79 Å². The number of nitrogens with one attached hydrogen (secondary N) is 1. The maximum atomic E-state index is 12.5. The molecule has 1 saturated heterocycles. The van der Waals surface area contributed by atoms with Gasteiger partial charge in [0.25, 0.3) is 5.91 Å². The highest BCUT2D eigenvalue weighted by Crippen LogP contribution is 2.30. The van der Waals surface area contributed by atoms with Crippen LogP contribution < -0.4 is 20.3 Å². The molecule has 0 spiro atoms. The van der Waals surface area contributed by atoms with E-state index in [-0.39, 0.29) is 18.0 Å². The molecular weight excluding hydrogens is 422 g/mol. The second-order valence-electron chi connectivity index (χ2n) is 7.69. The Morgan fingerprint density at radius 3 is 2.76 bits per heavy atom. The molecule has 10 nitrogen and oxygen atoms in total. The first-order valence-electron chi connectivity index (χ1n) is 10.5. The van der Waals surface area contributed by atoms with Crippen molar-refractivity contribution < 1.29 is 14.3 Å². The number of methoxy groups -OCH3 is 1. The topological polar surface area (TPSA) is 116 Å². The van der Waals surface area contributed by atoms with E-state index in [2.05, 4.69) is 35.5 Å². The monoisotopic (exact) mass is 444 g/mol. The van der Waals surface area contributed by atoms with E-state index in [1.807, 2.05) is 25.1 Å². The van der Waals surface area contributed by atoms with Gasteiger partial charge in [0.1, 0.15) is 11.6 Å². The van der Waals surface area contributed by atoms with Gasteiger partial charge in [0, 0.05) is 37.2 Å². The Kier molecular flexibility index (Phi) is 5.57. The number of pyridine rings is 2. The summed E-state index contributed by atoms with van der Waals surface area (Å²) < 4.78 is 10.6. The van der Waals surface area contributed by atoms with Gasteiger partial charge in [-0.15, -0.1) is 0 Å². The molecule has 2 aliphatic heterocycles. The average Bonchev–Trinajstić information content (AvgIpc) is 2.84. The maximum Gasteiger partial charge on any atom is 0.316 e. The van der Waals surface area contributed by atoms with Gasteiger partial charge in [0.2, 0.25) is 0 Å². The molecule has 0 bridgehead atoms. The molecule has 10 heteroatoms. The third-order valence-electron chi connectivity index (χ3n) is 5.39. The predicted molar refractivity (Wildman–Crippen MR) is 122 cm³/mol. The number of hydrogen-bond donors (Lipinski definition) is 1. The van der Waals surface area contributed by atoms with Crippen LogP contribution in [-0.2, 0) is 4.74 Å². The number of aromatic nitrogens is 4. The fourth-order valence-electron chi connectivity index (χ4n) is 3.77. The molecule has 0 unspecified atom stereocenters. The molecular formula is C23H22N7O3. The van der Waals surface area contributed by atoms with Crippen LogP contribution >= 0.6 is 0 Å². The van der Waals surface area contributed by atoms with Crippen molar-refractivity contribution in [3.05, 3.63) is 54.1 Å². The van der Waals surface area contributed by atoms with E-state index < -0.39 is 0 Å². The van der Waals surface area contributed by atoms with Crippen molar-refractivity contribution in [2.75, 3.05) is 37.0 Å². The van der Waals surface area contributed by atoms with Crippen LogP contribution in [0.15, 0.2) is 43.0 Å². The Morgan fingerprint density at radius 2 is 2.03 bits per heavy atom. The second-order valence-corrected chi connectivity index (χ2v) is 7.69. The zero-order valence-corrected chi connectivity index (χ0v) is 18.2. The van der Waals surface area contributed by atoms with E-state index >= 15 is 0 Å². The van der Waals surface area contributed by atoms with Gasteiger partial charge in [0.15, 0.2) is 0 Å². The number of carbonyl (C=O) groups excluding carboxylic acids is 1. The van der Waals surface area contributed by atoms with Crippen LogP contribution in [0.2, 0.25) is 0 Å². The molecule has 1 atom stereocenters. The number of carbonyl (C=O) groups is 1. The van der Waals surface area contributed by atoms with Crippen LogP contribution in [0.1, 0.15) is 22.8 Å². The highest BCUT2D eigenvalue weighted by molar-refractivity contribution is 6.05. The standard InChI is InChI=1S/C23H22N7O3/c1-14-13-30(7-8-33-14)19-4-3-17(12-25-19)28-21-20-15(5-6-24-22(20)31)9-18(29-21)16-10-26-23(32-2)27-11-16/h3-6,9-12,14H,7-8,13H2,1-2H3,(H,28,29)/t14-/m0/s1. The first-order valence-corrected chi connectivity index (χ1v) is 10.5. The van der Waals surface area contributed by atoms with Gasteiger partial charge in [-0.05, 0) is 36.8 Å². The van der Waals surface area contributed by atoms with Crippen molar-refractivity contribution in [2.24, 2.45) is 0 Å². The average molecular weight is 444 g/mol. The molecule has 1 amide bonds. The lowest BCUT2D eigenvalue weighted by Crippen LogP contribution is -2.41. The SMILES string of the molecule is COc1ncc(-c2cc3c(c(Nc4ccc(N5CCO[C@@H](C)C5)nc4)n2)C(=O)[N]C=C3)cn1. The van der Waals surface area contributed by atoms with Gasteiger partial charge in [-0.25, -0.2) is 25.3 Å². The zero-order chi connectivity index (χ0) is 22.8. The molecule has 2 aliphatic rings. The first-order chi connectivity index (χ1) is 16.1. The Hall–Kier alpha value is -4.05. The summed E-state index contributed by atoms with van der Waals surface area (Å²) in [6.45, 7) is 4.32. The third kappa shape index (κ3) is 4.33. The molecule has 167 valence electrons. The van der Waals surface area contributed by atoms with Crippen LogP contribution in [0.25, 0.3) is 17.3 Å². The number of ether oxygens (including phenoxy) is 2. The Bertz CT molecular complexity index is 1200. The quantitative estimate of drug-likeness (QED) is 0.634. The zero-order valence-electron chi connectivity index (χ0n) is 18.2. The van der Waals surface area contributed by atoms with Crippen LogP contribution in [-0.4, -0.2) is 58.8 Å². The number of nitrogens with zero attached hydrogens (tertiary/aromatic N) is 6. The Labute approximate surface area is 190 Å².